The van der Waals surface area contributed by atoms with E-state index in [1.165, 1.54) is 302 Å². The molecule has 4 heteroatoms. The Hall–Kier alpha value is -1.13. The lowest BCUT2D eigenvalue weighted by Crippen LogP contribution is -2.45. The van der Waals surface area contributed by atoms with E-state index in [2.05, 4.69) is 31.3 Å². The lowest BCUT2D eigenvalue weighted by molar-refractivity contribution is -0.123. The van der Waals surface area contributed by atoms with E-state index < -0.39 is 12.1 Å². The molecule has 0 saturated heterocycles. The number of carbonyl (C=O) groups excluding carboxylic acids is 1. The number of amides is 1. The number of aliphatic hydroxyl groups excluding tert-OH is 2. The van der Waals surface area contributed by atoms with Gasteiger partial charge in [0.2, 0.25) is 5.91 Å². The van der Waals surface area contributed by atoms with Crippen LogP contribution in [-0.2, 0) is 4.79 Å². The number of hydrogen-bond donors (Lipinski definition) is 3. The van der Waals surface area contributed by atoms with Crippen molar-refractivity contribution in [2.75, 3.05) is 6.61 Å². The van der Waals surface area contributed by atoms with Crippen LogP contribution in [0.15, 0.2) is 24.3 Å². The van der Waals surface area contributed by atoms with Crippen LogP contribution < -0.4 is 5.32 Å². The standard InChI is InChI=1S/C63H123NO3/c1-3-5-7-9-11-13-15-17-19-21-23-25-27-28-29-30-31-32-33-34-35-36-37-38-40-42-44-46-48-50-52-54-56-58-62(66)61(60-65)64-63(67)59-57-55-53-51-49-47-45-43-41-39-26-24-22-20-18-16-14-12-10-8-6-4-2/h48,50,56,58,61-62,65-66H,3-47,49,51-55,57,59-60H2,1-2H3,(H,64,67)/b50-48+,58-56+. The normalized spacial score (nSPS) is 12.8. The summed E-state index contributed by atoms with van der Waals surface area (Å²) in [6.45, 7) is 4.34. The van der Waals surface area contributed by atoms with Crippen LogP contribution in [0.25, 0.3) is 0 Å². The van der Waals surface area contributed by atoms with Gasteiger partial charge >= 0.3 is 0 Å². The summed E-state index contributed by atoms with van der Waals surface area (Å²) in [6, 6.07) is -0.637. The molecule has 0 heterocycles. The monoisotopic (exact) mass is 942 g/mol. The van der Waals surface area contributed by atoms with E-state index in [9.17, 15) is 15.0 Å². The molecule has 4 nitrogen and oxygen atoms in total. The fraction of sp³-hybridized carbons (Fsp3) is 0.921. The van der Waals surface area contributed by atoms with Gasteiger partial charge in [0.15, 0.2) is 0 Å². The Morgan fingerprint density at radius 1 is 0.343 bits per heavy atom. The van der Waals surface area contributed by atoms with Gasteiger partial charge in [0.25, 0.3) is 0 Å². The molecule has 0 rings (SSSR count). The molecule has 0 bridgehead atoms. The summed E-state index contributed by atoms with van der Waals surface area (Å²) in [5.41, 5.74) is 0. The van der Waals surface area contributed by atoms with E-state index in [4.69, 9.17) is 0 Å². The molecule has 3 N–H and O–H groups in total. The number of hydrogen-bond acceptors (Lipinski definition) is 3. The van der Waals surface area contributed by atoms with E-state index in [1.54, 1.807) is 6.08 Å². The minimum Gasteiger partial charge on any atom is -0.394 e. The zero-order valence-corrected chi connectivity index (χ0v) is 46.0. The van der Waals surface area contributed by atoms with Gasteiger partial charge in [0, 0.05) is 6.42 Å². The Labute approximate surface area is 421 Å². The molecule has 2 unspecified atom stereocenters. The van der Waals surface area contributed by atoms with Crippen LogP contribution in [0.2, 0.25) is 0 Å². The number of rotatable bonds is 58. The van der Waals surface area contributed by atoms with E-state index in [0.717, 1.165) is 32.1 Å². The number of nitrogens with one attached hydrogen (secondary N) is 1. The highest BCUT2D eigenvalue weighted by atomic mass is 16.3. The van der Waals surface area contributed by atoms with Crippen molar-refractivity contribution in [2.24, 2.45) is 0 Å². The molecule has 398 valence electrons. The van der Waals surface area contributed by atoms with Crippen LogP contribution in [0.4, 0.5) is 0 Å². The first kappa shape index (κ1) is 65.9. The second-order valence-corrected chi connectivity index (χ2v) is 21.5. The topological polar surface area (TPSA) is 69.6 Å². The van der Waals surface area contributed by atoms with Crippen molar-refractivity contribution in [3.05, 3.63) is 24.3 Å². The first-order chi connectivity index (χ1) is 33.2. The molecule has 0 aliphatic carbocycles. The second kappa shape index (κ2) is 59.2. The maximum absolute atomic E-state index is 12.5. The number of carbonyl (C=O) groups is 1. The van der Waals surface area contributed by atoms with Gasteiger partial charge in [-0.3, -0.25) is 4.79 Å². The van der Waals surface area contributed by atoms with Crippen LogP contribution in [0.3, 0.4) is 0 Å². The Kier molecular flexibility index (Phi) is 58.2. The SMILES string of the molecule is CCCCCCCCCCCCCCCCCCCCCCCCCCCCC/C=C/CC/C=C/C(O)C(CO)NC(=O)CCCCCCCCCCCCCCCCCCCCCCCC. The maximum atomic E-state index is 12.5. The molecule has 0 aromatic carbocycles. The Morgan fingerprint density at radius 2 is 0.582 bits per heavy atom. The smallest absolute Gasteiger partial charge is 0.220 e. The first-order valence-electron chi connectivity index (χ1n) is 31.1. The summed E-state index contributed by atoms with van der Waals surface area (Å²) in [5, 5.41) is 23.2. The van der Waals surface area contributed by atoms with Gasteiger partial charge in [-0.05, 0) is 32.1 Å². The quantitative estimate of drug-likeness (QED) is 0.0420. The van der Waals surface area contributed by atoms with Gasteiger partial charge in [-0.2, -0.15) is 0 Å². The summed E-state index contributed by atoms with van der Waals surface area (Å²) in [7, 11) is 0. The highest BCUT2D eigenvalue weighted by molar-refractivity contribution is 5.76. The van der Waals surface area contributed by atoms with Gasteiger partial charge in [-0.15, -0.1) is 0 Å². The molecule has 0 aromatic heterocycles. The molecule has 0 radical (unpaired) electrons. The lowest BCUT2D eigenvalue weighted by atomic mass is 10.0. The Balaban J connectivity index is 3.45. The van der Waals surface area contributed by atoms with Crippen molar-refractivity contribution in [1.29, 1.82) is 0 Å². The van der Waals surface area contributed by atoms with Crippen molar-refractivity contribution in [1.82, 2.24) is 5.32 Å². The molecular weight excluding hydrogens is 819 g/mol. The van der Waals surface area contributed by atoms with Crippen molar-refractivity contribution < 1.29 is 15.0 Å². The van der Waals surface area contributed by atoms with Crippen LogP contribution in [0, 0.1) is 0 Å². The largest absolute Gasteiger partial charge is 0.394 e. The summed E-state index contributed by atoms with van der Waals surface area (Å²) >= 11 is 0. The predicted octanol–water partition coefficient (Wildman–Crippen LogP) is 20.7. The second-order valence-electron chi connectivity index (χ2n) is 21.5. The summed E-state index contributed by atoms with van der Waals surface area (Å²) in [6.07, 6.45) is 79.5. The third kappa shape index (κ3) is 55.7. The van der Waals surface area contributed by atoms with E-state index in [0.29, 0.717) is 6.42 Å². The summed E-state index contributed by atoms with van der Waals surface area (Å²) in [5.74, 6) is -0.0659. The predicted molar refractivity (Wildman–Crippen MR) is 299 cm³/mol. The molecule has 2 atom stereocenters. The summed E-state index contributed by atoms with van der Waals surface area (Å²) < 4.78 is 0. The fourth-order valence-corrected chi connectivity index (χ4v) is 9.97. The molecule has 67 heavy (non-hydrogen) atoms. The molecular formula is C63H123NO3. The average molecular weight is 943 g/mol. The van der Waals surface area contributed by atoms with Crippen LogP contribution in [0.5, 0.6) is 0 Å². The molecule has 0 aliphatic heterocycles. The van der Waals surface area contributed by atoms with Gasteiger partial charge in [0.1, 0.15) is 0 Å². The van der Waals surface area contributed by atoms with Gasteiger partial charge in [-0.25, -0.2) is 0 Å². The zero-order valence-electron chi connectivity index (χ0n) is 46.0. The third-order valence-electron chi connectivity index (χ3n) is 14.7. The van der Waals surface area contributed by atoms with Crippen LogP contribution in [0.1, 0.15) is 354 Å². The minimum atomic E-state index is -0.860. The van der Waals surface area contributed by atoms with Crippen molar-refractivity contribution in [3.63, 3.8) is 0 Å². The number of allylic oxidation sites excluding steroid dienone is 3. The van der Waals surface area contributed by atoms with Crippen molar-refractivity contribution in [3.8, 4) is 0 Å². The number of aliphatic hydroxyl groups is 2. The third-order valence-corrected chi connectivity index (χ3v) is 14.7. The molecule has 0 aliphatic rings. The lowest BCUT2D eigenvalue weighted by Gasteiger charge is -2.19. The Morgan fingerprint density at radius 3 is 0.866 bits per heavy atom. The summed E-state index contributed by atoms with van der Waals surface area (Å²) in [4.78, 5) is 12.5. The van der Waals surface area contributed by atoms with Crippen LogP contribution in [-0.4, -0.2) is 34.9 Å². The molecule has 0 aromatic rings. The van der Waals surface area contributed by atoms with E-state index in [-0.39, 0.29) is 12.5 Å². The Bertz CT molecular complexity index is 978. The number of unbranched alkanes of at least 4 members (excludes halogenated alkanes) is 49. The maximum Gasteiger partial charge on any atom is 0.220 e. The average Bonchev–Trinajstić information content (AvgIpc) is 3.33. The van der Waals surface area contributed by atoms with Crippen molar-refractivity contribution in [2.45, 2.75) is 366 Å². The molecule has 0 saturated carbocycles. The van der Waals surface area contributed by atoms with Gasteiger partial charge < -0.3 is 15.5 Å². The molecule has 1 amide bonds. The van der Waals surface area contributed by atoms with Crippen molar-refractivity contribution >= 4 is 5.91 Å². The van der Waals surface area contributed by atoms with Gasteiger partial charge in [-0.1, -0.05) is 340 Å². The van der Waals surface area contributed by atoms with E-state index in [1.807, 2.05) is 6.08 Å². The van der Waals surface area contributed by atoms with Gasteiger partial charge in [0.05, 0.1) is 18.8 Å². The first-order valence-corrected chi connectivity index (χ1v) is 31.1. The highest BCUT2D eigenvalue weighted by Gasteiger charge is 2.18. The van der Waals surface area contributed by atoms with E-state index >= 15 is 0 Å². The zero-order chi connectivity index (χ0) is 48.5. The molecule has 0 fully saturated rings. The minimum absolute atomic E-state index is 0.0659. The fourth-order valence-electron chi connectivity index (χ4n) is 9.97. The highest BCUT2D eigenvalue weighted by Crippen LogP contribution is 2.18. The van der Waals surface area contributed by atoms with Crippen LogP contribution >= 0.6 is 0 Å². The molecule has 0 spiro atoms.